The van der Waals surface area contributed by atoms with Gasteiger partial charge in [-0.05, 0) is 38.2 Å². The summed E-state index contributed by atoms with van der Waals surface area (Å²) < 4.78 is 5.01. The van der Waals surface area contributed by atoms with E-state index in [1.807, 2.05) is 24.3 Å². The summed E-state index contributed by atoms with van der Waals surface area (Å²) in [6.45, 7) is 2.10. The molecular formula is C15H18O3. The largest absolute Gasteiger partial charge is 0.507 e. The number of carbonyl (C=O) groups is 1. The number of ether oxygens (including phenoxy) is 1. The summed E-state index contributed by atoms with van der Waals surface area (Å²) in [5, 5.41) is 10.3. The minimum absolute atomic E-state index is 0.0868. The van der Waals surface area contributed by atoms with E-state index in [9.17, 15) is 9.90 Å². The van der Waals surface area contributed by atoms with Crippen LogP contribution < -0.4 is 0 Å². The number of aliphatic hydroxyl groups excluding tert-OH is 1. The number of carbonyl (C=O) groups excluding carboxylic acids is 1. The molecule has 0 spiro atoms. The Morgan fingerprint density at radius 3 is 2.78 bits per heavy atom. The third-order valence-electron chi connectivity index (χ3n) is 3.20. The molecular weight excluding hydrogens is 228 g/mol. The second-order valence-corrected chi connectivity index (χ2v) is 4.41. The molecule has 0 radical (unpaired) electrons. The Morgan fingerprint density at radius 2 is 2.00 bits per heavy atom. The lowest BCUT2D eigenvalue weighted by molar-refractivity contribution is -0.138. The lowest BCUT2D eigenvalue weighted by atomic mass is 9.92. The zero-order valence-electron chi connectivity index (χ0n) is 10.6. The Bertz CT molecular complexity index is 474. The number of esters is 1. The monoisotopic (exact) mass is 246 g/mol. The Hall–Kier alpha value is -1.77. The van der Waals surface area contributed by atoms with Crippen LogP contribution >= 0.6 is 0 Å². The van der Waals surface area contributed by atoms with E-state index in [4.69, 9.17) is 4.74 Å². The molecule has 1 aromatic rings. The summed E-state index contributed by atoms with van der Waals surface area (Å²) in [4.78, 5) is 11.8. The van der Waals surface area contributed by atoms with Crippen LogP contribution in [0.3, 0.4) is 0 Å². The van der Waals surface area contributed by atoms with Gasteiger partial charge in [0.15, 0.2) is 0 Å². The topological polar surface area (TPSA) is 46.5 Å². The van der Waals surface area contributed by atoms with Crippen LogP contribution in [0.2, 0.25) is 0 Å². The van der Waals surface area contributed by atoms with E-state index in [1.54, 1.807) is 6.92 Å². The number of fused-ring (bicyclic) bond motifs is 1. The second-order valence-electron chi connectivity index (χ2n) is 4.41. The molecule has 96 valence electrons. The van der Waals surface area contributed by atoms with Crippen molar-refractivity contribution in [2.75, 3.05) is 6.61 Å². The van der Waals surface area contributed by atoms with Crippen LogP contribution in [0.4, 0.5) is 0 Å². The Labute approximate surface area is 107 Å². The van der Waals surface area contributed by atoms with Crippen molar-refractivity contribution in [3.8, 4) is 0 Å². The van der Waals surface area contributed by atoms with Crippen molar-refractivity contribution in [2.45, 2.75) is 32.6 Å². The average molecular weight is 246 g/mol. The smallest absolute Gasteiger partial charge is 0.337 e. The molecule has 0 bridgehead atoms. The van der Waals surface area contributed by atoms with Crippen LogP contribution in [0.1, 0.15) is 37.3 Å². The van der Waals surface area contributed by atoms with Gasteiger partial charge in [0.1, 0.15) is 5.76 Å². The van der Waals surface area contributed by atoms with Crippen LogP contribution in [0, 0.1) is 0 Å². The van der Waals surface area contributed by atoms with Crippen molar-refractivity contribution >= 4 is 11.7 Å². The number of aryl methyl sites for hydroxylation is 1. The maximum atomic E-state index is 11.8. The highest BCUT2D eigenvalue weighted by atomic mass is 16.5. The van der Waals surface area contributed by atoms with Crippen molar-refractivity contribution in [1.29, 1.82) is 0 Å². The van der Waals surface area contributed by atoms with Gasteiger partial charge < -0.3 is 9.84 Å². The first-order valence-corrected chi connectivity index (χ1v) is 6.41. The van der Waals surface area contributed by atoms with Gasteiger partial charge in [-0.1, -0.05) is 24.3 Å². The standard InChI is InChI=1S/C15H18O3/c1-2-18-15(17)13-10-6-4-8-11-7-3-5-9-12(11)14(13)16/h3,5,7,9,16H,2,4,6,8,10H2,1H3/b14-13-. The predicted molar refractivity (Wildman–Crippen MR) is 70.2 cm³/mol. The SMILES string of the molecule is CCOC(=O)/C1=C(\O)c2ccccc2CCCC1. The number of hydrogen-bond acceptors (Lipinski definition) is 3. The van der Waals surface area contributed by atoms with Gasteiger partial charge in [-0.3, -0.25) is 0 Å². The molecule has 0 fully saturated rings. The fourth-order valence-electron chi connectivity index (χ4n) is 2.28. The summed E-state index contributed by atoms with van der Waals surface area (Å²) >= 11 is 0. The fourth-order valence-corrected chi connectivity index (χ4v) is 2.28. The first-order chi connectivity index (χ1) is 8.74. The molecule has 0 heterocycles. The van der Waals surface area contributed by atoms with E-state index in [2.05, 4.69) is 0 Å². The van der Waals surface area contributed by atoms with Gasteiger partial charge in [0.25, 0.3) is 0 Å². The molecule has 2 rings (SSSR count). The summed E-state index contributed by atoms with van der Waals surface area (Å²) in [7, 11) is 0. The first-order valence-electron chi connectivity index (χ1n) is 6.41. The molecule has 0 saturated carbocycles. The van der Waals surface area contributed by atoms with E-state index in [1.165, 1.54) is 0 Å². The summed E-state index contributed by atoms with van der Waals surface area (Å²) in [6.07, 6.45) is 3.44. The molecule has 3 heteroatoms. The number of benzene rings is 1. The highest BCUT2D eigenvalue weighted by molar-refractivity contribution is 5.96. The molecule has 1 aromatic carbocycles. The van der Waals surface area contributed by atoms with Crippen molar-refractivity contribution < 1.29 is 14.6 Å². The highest BCUT2D eigenvalue weighted by Gasteiger charge is 2.21. The molecule has 0 atom stereocenters. The van der Waals surface area contributed by atoms with Crippen molar-refractivity contribution in [3.05, 3.63) is 41.0 Å². The maximum Gasteiger partial charge on any atom is 0.337 e. The van der Waals surface area contributed by atoms with Gasteiger partial charge in [-0.2, -0.15) is 0 Å². The maximum absolute atomic E-state index is 11.8. The van der Waals surface area contributed by atoms with Gasteiger partial charge in [-0.15, -0.1) is 0 Å². The zero-order chi connectivity index (χ0) is 13.0. The fraction of sp³-hybridized carbons (Fsp3) is 0.400. The third kappa shape index (κ3) is 2.55. The number of hydrogen-bond donors (Lipinski definition) is 1. The highest BCUT2D eigenvalue weighted by Crippen LogP contribution is 2.28. The minimum atomic E-state index is -0.397. The van der Waals surface area contributed by atoms with E-state index < -0.39 is 5.97 Å². The minimum Gasteiger partial charge on any atom is -0.507 e. The third-order valence-corrected chi connectivity index (χ3v) is 3.20. The van der Waals surface area contributed by atoms with Crippen LogP contribution in [0.15, 0.2) is 29.8 Å². The molecule has 1 aliphatic rings. The lowest BCUT2D eigenvalue weighted by Gasteiger charge is -2.16. The van der Waals surface area contributed by atoms with Gasteiger partial charge in [0.05, 0.1) is 12.2 Å². The Kier molecular flexibility index (Phi) is 4.03. The van der Waals surface area contributed by atoms with E-state index >= 15 is 0 Å². The molecule has 0 saturated heterocycles. The quantitative estimate of drug-likeness (QED) is 0.815. The van der Waals surface area contributed by atoms with Crippen LogP contribution in [0.5, 0.6) is 0 Å². The molecule has 1 N–H and O–H groups in total. The van der Waals surface area contributed by atoms with Crippen molar-refractivity contribution in [1.82, 2.24) is 0 Å². The molecule has 0 aliphatic heterocycles. The second kappa shape index (κ2) is 5.71. The van der Waals surface area contributed by atoms with E-state index in [0.717, 1.165) is 30.4 Å². The molecule has 1 aliphatic carbocycles. The lowest BCUT2D eigenvalue weighted by Crippen LogP contribution is -2.12. The molecule has 18 heavy (non-hydrogen) atoms. The number of rotatable bonds is 2. The first kappa shape index (κ1) is 12.7. The molecule has 3 nitrogen and oxygen atoms in total. The average Bonchev–Trinajstić information content (AvgIpc) is 2.36. The van der Waals surface area contributed by atoms with Crippen LogP contribution in [-0.4, -0.2) is 17.7 Å². The predicted octanol–water partition coefficient (Wildman–Crippen LogP) is 3.25. The normalized spacial score (nSPS) is 19.6. The number of aliphatic hydroxyl groups is 1. The molecule has 0 aromatic heterocycles. The van der Waals surface area contributed by atoms with Crippen LogP contribution in [0.25, 0.3) is 5.76 Å². The van der Waals surface area contributed by atoms with Gasteiger partial charge in [-0.25, -0.2) is 4.79 Å². The van der Waals surface area contributed by atoms with Crippen molar-refractivity contribution in [2.24, 2.45) is 0 Å². The summed E-state index contributed by atoms with van der Waals surface area (Å²) in [6, 6.07) is 7.69. The van der Waals surface area contributed by atoms with Gasteiger partial charge >= 0.3 is 5.97 Å². The van der Waals surface area contributed by atoms with E-state index in [-0.39, 0.29) is 5.76 Å². The van der Waals surface area contributed by atoms with Crippen LogP contribution in [-0.2, 0) is 16.0 Å². The Balaban J connectivity index is 2.45. The summed E-state index contributed by atoms with van der Waals surface area (Å²) in [5.74, 6) is -0.310. The van der Waals surface area contributed by atoms with Crippen molar-refractivity contribution in [3.63, 3.8) is 0 Å². The molecule has 0 unspecified atom stereocenters. The molecule has 0 amide bonds. The van der Waals surface area contributed by atoms with Gasteiger partial charge in [0.2, 0.25) is 0 Å². The van der Waals surface area contributed by atoms with E-state index in [0.29, 0.717) is 18.6 Å². The summed E-state index contributed by atoms with van der Waals surface area (Å²) in [5.41, 5.74) is 2.26. The van der Waals surface area contributed by atoms with Gasteiger partial charge in [0, 0.05) is 5.56 Å². The Morgan fingerprint density at radius 1 is 1.28 bits per heavy atom. The zero-order valence-corrected chi connectivity index (χ0v) is 10.6.